The van der Waals surface area contributed by atoms with Gasteiger partial charge in [0.15, 0.2) is 0 Å². The molecule has 148 valence electrons. The van der Waals surface area contributed by atoms with Crippen LogP contribution in [0.1, 0.15) is 23.2 Å². The maximum absolute atomic E-state index is 12.8. The van der Waals surface area contributed by atoms with Crippen molar-refractivity contribution in [3.8, 4) is 0 Å². The van der Waals surface area contributed by atoms with Crippen molar-refractivity contribution < 1.29 is 9.59 Å². The molecule has 2 aromatic rings. The molecule has 2 heterocycles. The third-order valence-corrected chi connectivity index (χ3v) is 5.68. The van der Waals surface area contributed by atoms with Crippen LogP contribution in [-0.2, 0) is 0 Å². The minimum Gasteiger partial charge on any atom is -0.339 e. The second-order valence-corrected chi connectivity index (χ2v) is 7.87. The highest BCUT2D eigenvalue weighted by Crippen LogP contribution is 2.23. The van der Waals surface area contributed by atoms with Crippen LogP contribution in [0, 0.1) is 5.92 Å². The number of aromatic nitrogens is 1. The number of rotatable bonds is 5. The molecule has 0 radical (unpaired) electrons. The molecular formula is C20H23ClN4O2S. The van der Waals surface area contributed by atoms with Gasteiger partial charge in [0, 0.05) is 36.5 Å². The summed E-state index contributed by atoms with van der Waals surface area (Å²) >= 11 is 7.40. The van der Waals surface area contributed by atoms with Crippen LogP contribution in [0.4, 0.5) is 10.5 Å². The van der Waals surface area contributed by atoms with Gasteiger partial charge in [-0.05, 0) is 55.3 Å². The second-order valence-electron chi connectivity index (χ2n) is 6.64. The first-order valence-corrected chi connectivity index (χ1v) is 10.8. The number of nitrogens with one attached hydrogen (secondary N) is 2. The van der Waals surface area contributed by atoms with Gasteiger partial charge in [-0.25, -0.2) is 9.78 Å². The Morgan fingerprint density at radius 1 is 1.25 bits per heavy atom. The highest BCUT2D eigenvalue weighted by Gasteiger charge is 2.25. The zero-order valence-corrected chi connectivity index (χ0v) is 17.2. The zero-order chi connectivity index (χ0) is 19.9. The van der Waals surface area contributed by atoms with Crippen molar-refractivity contribution in [3.63, 3.8) is 0 Å². The lowest BCUT2D eigenvalue weighted by molar-refractivity contribution is 0.0686. The summed E-state index contributed by atoms with van der Waals surface area (Å²) < 4.78 is 0. The van der Waals surface area contributed by atoms with Crippen molar-refractivity contribution in [2.24, 2.45) is 5.92 Å². The number of amides is 3. The predicted octanol–water partition coefficient (Wildman–Crippen LogP) is 4.13. The Hall–Kier alpha value is -2.25. The van der Waals surface area contributed by atoms with Crippen LogP contribution in [0.5, 0.6) is 0 Å². The van der Waals surface area contributed by atoms with Gasteiger partial charge in [0.1, 0.15) is 5.03 Å². The molecule has 3 rings (SSSR count). The topological polar surface area (TPSA) is 74.3 Å². The van der Waals surface area contributed by atoms with Gasteiger partial charge >= 0.3 is 6.03 Å². The predicted molar refractivity (Wildman–Crippen MR) is 113 cm³/mol. The molecule has 1 aliphatic heterocycles. The fraction of sp³-hybridized carbons (Fsp3) is 0.350. The van der Waals surface area contributed by atoms with Crippen LogP contribution in [0.2, 0.25) is 5.02 Å². The molecule has 8 heteroatoms. The molecule has 1 aromatic heterocycles. The number of carbonyl (C=O) groups is 2. The van der Waals surface area contributed by atoms with E-state index >= 15 is 0 Å². The normalized spacial score (nSPS) is 14.6. The number of hydrogen-bond acceptors (Lipinski definition) is 4. The van der Waals surface area contributed by atoms with Crippen LogP contribution in [0.25, 0.3) is 0 Å². The number of nitrogens with zero attached hydrogens (tertiary/aromatic N) is 2. The van der Waals surface area contributed by atoms with Crippen molar-refractivity contribution in [2.45, 2.75) is 17.9 Å². The molecule has 1 fully saturated rings. The molecule has 2 N–H and O–H groups in total. The van der Waals surface area contributed by atoms with Gasteiger partial charge in [-0.15, -0.1) is 11.8 Å². The van der Waals surface area contributed by atoms with Gasteiger partial charge in [-0.1, -0.05) is 17.7 Å². The Labute approximate surface area is 174 Å². The number of anilines is 1. The Morgan fingerprint density at radius 2 is 2.04 bits per heavy atom. The Balaban J connectivity index is 1.45. The van der Waals surface area contributed by atoms with Crippen molar-refractivity contribution >= 4 is 41.0 Å². The van der Waals surface area contributed by atoms with Crippen LogP contribution < -0.4 is 10.6 Å². The summed E-state index contributed by atoms with van der Waals surface area (Å²) in [6, 6.07) is 10.4. The molecule has 1 saturated heterocycles. The maximum atomic E-state index is 12.8. The number of carbonyl (C=O) groups excluding carboxylic acids is 2. The van der Waals surface area contributed by atoms with E-state index < -0.39 is 0 Å². The molecule has 0 unspecified atom stereocenters. The van der Waals surface area contributed by atoms with Crippen LogP contribution in [0.15, 0.2) is 47.6 Å². The van der Waals surface area contributed by atoms with Gasteiger partial charge in [0.25, 0.3) is 5.91 Å². The number of hydrogen-bond donors (Lipinski definition) is 2. The molecule has 1 aromatic carbocycles. The van der Waals surface area contributed by atoms with Crippen molar-refractivity contribution in [1.29, 1.82) is 0 Å². The average Bonchev–Trinajstić information content (AvgIpc) is 2.72. The summed E-state index contributed by atoms with van der Waals surface area (Å²) in [5.41, 5.74) is 1.32. The fourth-order valence-electron chi connectivity index (χ4n) is 3.21. The molecular weight excluding hydrogens is 396 g/mol. The number of pyridine rings is 1. The summed E-state index contributed by atoms with van der Waals surface area (Å²) in [4.78, 5) is 31.0. The SMILES string of the molecule is CSc1ncccc1C(=O)N1CCC(CNC(=O)Nc2cccc(Cl)c2)CC1. The van der Waals surface area contributed by atoms with Crippen LogP contribution in [-0.4, -0.2) is 47.7 Å². The molecule has 0 bridgehead atoms. The number of piperidine rings is 1. The second kappa shape index (κ2) is 9.80. The smallest absolute Gasteiger partial charge is 0.319 e. The quantitative estimate of drug-likeness (QED) is 0.716. The minimum absolute atomic E-state index is 0.0301. The van der Waals surface area contributed by atoms with Gasteiger partial charge < -0.3 is 15.5 Å². The largest absolute Gasteiger partial charge is 0.339 e. The lowest BCUT2D eigenvalue weighted by Crippen LogP contribution is -2.42. The fourth-order valence-corrected chi connectivity index (χ4v) is 3.94. The number of urea groups is 1. The first-order chi connectivity index (χ1) is 13.6. The molecule has 1 aliphatic rings. The first kappa shape index (κ1) is 20.5. The van der Waals surface area contributed by atoms with Crippen molar-refractivity contribution in [1.82, 2.24) is 15.2 Å². The number of likely N-dealkylation sites (tertiary alicyclic amines) is 1. The minimum atomic E-state index is -0.249. The van der Waals surface area contributed by atoms with E-state index in [4.69, 9.17) is 11.6 Å². The van der Waals surface area contributed by atoms with Crippen LogP contribution in [0.3, 0.4) is 0 Å². The molecule has 0 spiro atoms. The van der Waals surface area contributed by atoms with Gasteiger partial charge in [-0.2, -0.15) is 0 Å². The zero-order valence-electron chi connectivity index (χ0n) is 15.7. The molecule has 0 atom stereocenters. The summed E-state index contributed by atoms with van der Waals surface area (Å²) in [5.74, 6) is 0.380. The Morgan fingerprint density at radius 3 is 2.75 bits per heavy atom. The van der Waals surface area contributed by atoms with Gasteiger partial charge in [0.05, 0.1) is 5.56 Å². The first-order valence-electron chi connectivity index (χ1n) is 9.15. The lowest BCUT2D eigenvalue weighted by atomic mass is 9.96. The summed E-state index contributed by atoms with van der Waals surface area (Å²) in [5, 5.41) is 7.01. The Kier molecular flexibility index (Phi) is 7.17. The van der Waals surface area contributed by atoms with E-state index in [0.717, 1.165) is 17.9 Å². The third-order valence-electron chi connectivity index (χ3n) is 4.73. The summed E-state index contributed by atoms with van der Waals surface area (Å²) in [7, 11) is 0. The van der Waals surface area contributed by atoms with E-state index in [0.29, 0.717) is 41.8 Å². The van der Waals surface area contributed by atoms with E-state index in [-0.39, 0.29) is 11.9 Å². The maximum Gasteiger partial charge on any atom is 0.319 e. The van der Waals surface area contributed by atoms with E-state index in [9.17, 15) is 9.59 Å². The molecule has 0 saturated carbocycles. The van der Waals surface area contributed by atoms with E-state index in [2.05, 4.69) is 15.6 Å². The molecule has 0 aliphatic carbocycles. The van der Waals surface area contributed by atoms with Crippen LogP contribution >= 0.6 is 23.4 Å². The highest BCUT2D eigenvalue weighted by atomic mass is 35.5. The lowest BCUT2D eigenvalue weighted by Gasteiger charge is -2.32. The van der Waals surface area contributed by atoms with Crippen molar-refractivity contribution in [3.05, 3.63) is 53.2 Å². The average molecular weight is 419 g/mol. The monoisotopic (exact) mass is 418 g/mol. The van der Waals surface area contributed by atoms with E-state index in [1.165, 1.54) is 11.8 Å². The van der Waals surface area contributed by atoms with Crippen molar-refractivity contribution in [2.75, 3.05) is 31.2 Å². The van der Waals surface area contributed by atoms with E-state index in [1.54, 1.807) is 36.5 Å². The Bertz CT molecular complexity index is 840. The number of benzene rings is 1. The van der Waals surface area contributed by atoms with E-state index in [1.807, 2.05) is 17.2 Å². The number of thioether (sulfide) groups is 1. The summed E-state index contributed by atoms with van der Waals surface area (Å²) in [6.45, 7) is 1.95. The highest BCUT2D eigenvalue weighted by molar-refractivity contribution is 7.98. The summed E-state index contributed by atoms with van der Waals surface area (Å²) in [6.07, 6.45) is 5.34. The molecule has 28 heavy (non-hydrogen) atoms. The standard InChI is InChI=1S/C20H23ClN4O2S/c1-28-18-17(6-3-9-22-18)19(26)25-10-7-14(8-11-25)13-23-20(27)24-16-5-2-4-15(21)12-16/h2-6,9,12,14H,7-8,10-11,13H2,1H3,(H2,23,24,27). The molecule has 6 nitrogen and oxygen atoms in total. The number of halogens is 1. The van der Waals surface area contributed by atoms with Gasteiger partial charge in [-0.3, -0.25) is 4.79 Å². The molecule has 3 amide bonds. The van der Waals surface area contributed by atoms with Gasteiger partial charge in [0.2, 0.25) is 0 Å². The third kappa shape index (κ3) is 5.39.